The molecule has 0 aliphatic carbocycles. The molecule has 5 rings (SSSR count). The SMILES string of the molecule is COC(=O)N[C@H](C(=O)N[C@@H](Cc1ccc(-c2ccccn2)cc1)[C@@H](O)C[C@H](Cc1ccccc1)N(C(=O)O)[C@H]1CO[C@@H]2OCC[C@@H]21)C(C)(C)C. The lowest BCUT2D eigenvalue weighted by Gasteiger charge is -2.38. The van der Waals surface area contributed by atoms with Crippen LogP contribution in [0.15, 0.2) is 79.0 Å². The third kappa shape index (κ3) is 9.17. The third-order valence-electron chi connectivity index (χ3n) is 9.55. The van der Waals surface area contributed by atoms with Gasteiger partial charge >= 0.3 is 12.2 Å². The predicted octanol–water partition coefficient (Wildman–Crippen LogP) is 4.65. The Bertz CT molecular complexity index is 1570. The predicted molar refractivity (Wildman–Crippen MR) is 186 cm³/mol. The number of aliphatic hydroxyl groups is 1. The number of nitrogens with zero attached hydrogens (tertiary/aromatic N) is 2. The average Bonchev–Trinajstić information content (AvgIpc) is 3.72. The second-order valence-corrected chi connectivity index (χ2v) is 14.1. The summed E-state index contributed by atoms with van der Waals surface area (Å²) in [7, 11) is 1.23. The minimum atomic E-state index is -1.18. The molecule has 12 nitrogen and oxygen atoms in total. The first kappa shape index (κ1) is 36.8. The molecule has 0 saturated carbocycles. The molecule has 0 unspecified atom stereocenters. The molecule has 2 aromatic carbocycles. The molecular formula is C38H48N4O8. The molecule has 2 fully saturated rings. The number of alkyl carbamates (subject to hydrolysis) is 1. The van der Waals surface area contributed by atoms with Crippen molar-refractivity contribution in [3.8, 4) is 11.3 Å². The Hall–Kier alpha value is -4.52. The standard InChI is InChI=1S/C38H48N4O8/c1-38(2,3)33(41-36(45)48-4)34(44)40-30(21-25-13-15-26(16-14-25)29-12-8-9-18-39-29)32(43)22-27(20-24-10-6-5-7-11-24)42(37(46)47)31-23-50-35-28(31)17-19-49-35/h5-16,18,27-28,30-33,35,43H,17,19-23H2,1-4H3,(H,40,44)(H,41,45)(H,46,47)/t27-,28+,30-,31-,32-,33+,35-/m0/s1. The minimum absolute atomic E-state index is 0.0253. The number of aromatic nitrogens is 1. The fourth-order valence-corrected chi connectivity index (χ4v) is 6.92. The van der Waals surface area contributed by atoms with Crippen molar-refractivity contribution < 1.29 is 38.8 Å². The molecule has 2 aliphatic rings. The summed E-state index contributed by atoms with van der Waals surface area (Å²) in [6.45, 7) is 6.14. The zero-order valence-electron chi connectivity index (χ0n) is 29.0. The molecule has 0 spiro atoms. The van der Waals surface area contributed by atoms with Gasteiger partial charge in [-0.05, 0) is 54.4 Å². The van der Waals surface area contributed by atoms with Crippen molar-refractivity contribution in [3.63, 3.8) is 0 Å². The van der Waals surface area contributed by atoms with Crippen molar-refractivity contribution in [2.45, 2.75) is 83.0 Å². The maximum absolute atomic E-state index is 13.9. The molecule has 0 bridgehead atoms. The van der Waals surface area contributed by atoms with Crippen molar-refractivity contribution >= 4 is 18.1 Å². The minimum Gasteiger partial charge on any atom is -0.465 e. The number of nitrogens with one attached hydrogen (secondary N) is 2. The summed E-state index contributed by atoms with van der Waals surface area (Å²) >= 11 is 0. The Kier molecular flexibility index (Phi) is 12.1. The maximum atomic E-state index is 13.9. The molecule has 3 amide bonds. The van der Waals surface area contributed by atoms with Crippen molar-refractivity contribution in [2.75, 3.05) is 20.3 Å². The molecule has 1 aromatic heterocycles. The van der Waals surface area contributed by atoms with Crippen molar-refractivity contribution in [1.29, 1.82) is 0 Å². The summed E-state index contributed by atoms with van der Waals surface area (Å²) in [6.07, 6.45) is -0.499. The Morgan fingerprint density at radius 2 is 1.66 bits per heavy atom. The molecule has 50 heavy (non-hydrogen) atoms. The molecule has 0 radical (unpaired) electrons. The van der Waals surface area contributed by atoms with Crippen LogP contribution in [0, 0.1) is 11.3 Å². The van der Waals surface area contributed by atoms with E-state index in [2.05, 4.69) is 15.6 Å². The van der Waals surface area contributed by atoms with E-state index < -0.39 is 60.1 Å². The summed E-state index contributed by atoms with van der Waals surface area (Å²) in [5, 5.41) is 28.3. The second kappa shape index (κ2) is 16.5. The number of carbonyl (C=O) groups excluding carboxylic acids is 2. The number of amides is 3. The number of aliphatic hydroxyl groups excluding tert-OH is 1. The Balaban J connectivity index is 1.45. The fourth-order valence-electron chi connectivity index (χ4n) is 6.92. The number of ether oxygens (including phenoxy) is 3. The zero-order chi connectivity index (χ0) is 35.8. The largest absolute Gasteiger partial charge is 0.465 e. The van der Waals surface area contributed by atoms with Gasteiger partial charge in [0, 0.05) is 23.7 Å². The lowest BCUT2D eigenvalue weighted by Crippen LogP contribution is -2.58. The van der Waals surface area contributed by atoms with Crippen LogP contribution in [0.2, 0.25) is 0 Å². The Morgan fingerprint density at radius 3 is 2.30 bits per heavy atom. The fraction of sp³-hybridized carbons (Fsp3) is 0.474. The molecular weight excluding hydrogens is 640 g/mol. The zero-order valence-corrected chi connectivity index (χ0v) is 29.0. The van der Waals surface area contributed by atoms with Crippen molar-refractivity contribution in [2.24, 2.45) is 11.3 Å². The molecule has 12 heteroatoms. The summed E-state index contributed by atoms with van der Waals surface area (Å²) < 4.78 is 16.3. The monoisotopic (exact) mass is 688 g/mol. The number of benzene rings is 2. The van der Waals surface area contributed by atoms with Gasteiger partial charge in [-0.2, -0.15) is 0 Å². The Labute approximate surface area is 293 Å². The average molecular weight is 689 g/mol. The van der Waals surface area contributed by atoms with E-state index in [9.17, 15) is 24.6 Å². The number of carbonyl (C=O) groups is 3. The van der Waals surface area contributed by atoms with Gasteiger partial charge in [0.1, 0.15) is 6.04 Å². The van der Waals surface area contributed by atoms with Crippen molar-refractivity contribution in [1.82, 2.24) is 20.5 Å². The highest BCUT2D eigenvalue weighted by Gasteiger charge is 2.48. The van der Waals surface area contributed by atoms with Gasteiger partial charge in [0.05, 0.1) is 44.2 Å². The first-order valence-corrected chi connectivity index (χ1v) is 17.1. The molecule has 3 aromatic rings. The number of carboxylic acid groups (broad SMARTS) is 1. The van der Waals surface area contributed by atoms with Crippen LogP contribution < -0.4 is 10.6 Å². The van der Waals surface area contributed by atoms with Gasteiger partial charge in [-0.25, -0.2) is 9.59 Å². The topological polar surface area (TPSA) is 160 Å². The van der Waals surface area contributed by atoms with E-state index in [1.54, 1.807) is 6.20 Å². The second-order valence-electron chi connectivity index (χ2n) is 14.1. The quantitative estimate of drug-likeness (QED) is 0.201. The molecule has 2 aliphatic heterocycles. The van der Waals surface area contributed by atoms with E-state index in [0.29, 0.717) is 19.4 Å². The van der Waals surface area contributed by atoms with Crippen LogP contribution in [0.4, 0.5) is 9.59 Å². The third-order valence-corrected chi connectivity index (χ3v) is 9.55. The number of pyridine rings is 1. The van der Waals surface area contributed by atoms with Gasteiger partial charge in [0.2, 0.25) is 5.91 Å². The van der Waals surface area contributed by atoms with E-state index in [1.807, 2.05) is 93.6 Å². The molecule has 4 N–H and O–H groups in total. The number of rotatable bonds is 13. The van der Waals surface area contributed by atoms with Crippen molar-refractivity contribution in [3.05, 3.63) is 90.1 Å². The van der Waals surface area contributed by atoms with Gasteiger partial charge in [0.25, 0.3) is 0 Å². The van der Waals surface area contributed by atoms with Crippen LogP contribution in [0.5, 0.6) is 0 Å². The summed E-state index contributed by atoms with van der Waals surface area (Å²) in [6, 6.07) is 20.0. The Morgan fingerprint density at radius 1 is 0.960 bits per heavy atom. The van der Waals surface area contributed by atoms with Gasteiger partial charge in [-0.1, -0.05) is 81.4 Å². The van der Waals surface area contributed by atoms with Gasteiger partial charge in [-0.15, -0.1) is 0 Å². The normalized spacial score (nSPS) is 20.9. The summed E-state index contributed by atoms with van der Waals surface area (Å²) in [5.41, 5.74) is 2.78. The van der Waals surface area contributed by atoms with E-state index in [1.165, 1.54) is 12.0 Å². The van der Waals surface area contributed by atoms with Crippen LogP contribution >= 0.6 is 0 Å². The van der Waals surface area contributed by atoms with Crippen LogP contribution in [0.25, 0.3) is 11.3 Å². The van der Waals surface area contributed by atoms with Crippen LogP contribution in [-0.4, -0.2) is 95.1 Å². The smallest absolute Gasteiger partial charge is 0.407 e. The molecule has 2 saturated heterocycles. The summed E-state index contributed by atoms with van der Waals surface area (Å²) in [4.78, 5) is 45.0. The number of hydrogen-bond donors (Lipinski definition) is 4. The van der Waals surface area contributed by atoms with Gasteiger partial charge in [0.15, 0.2) is 6.29 Å². The lowest BCUT2D eigenvalue weighted by atomic mass is 9.85. The highest BCUT2D eigenvalue weighted by molar-refractivity contribution is 5.86. The first-order valence-electron chi connectivity index (χ1n) is 17.1. The van der Waals surface area contributed by atoms with Gasteiger partial charge < -0.3 is 35.1 Å². The maximum Gasteiger partial charge on any atom is 0.407 e. The highest BCUT2D eigenvalue weighted by atomic mass is 16.7. The molecule has 268 valence electrons. The van der Waals surface area contributed by atoms with E-state index >= 15 is 0 Å². The van der Waals surface area contributed by atoms with Crippen LogP contribution in [0.1, 0.15) is 44.7 Å². The van der Waals surface area contributed by atoms with Crippen LogP contribution in [-0.2, 0) is 31.8 Å². The molecule has 7 atom stereocenters. The summed E-state index contributed by atoms with van der Waals surface area (Å²) in [5.74, 6) is -0.617. The number of methoxy groups -OCH3 is 1. The van der Waals surface area contributed by atoms with E-state index in [0.717, 1.165) is 22.4 Å². The van der Waals surface area contributed by atoms with Crippen LogP contribution in [0.3, 0.4) is 0 Å². The number of fused-ring (bicyclic) bond motifs is 1. The van der Waals surface area contributed by atoms with Gasteiger partial charge in [-0.3, -0.25) is 14.7 Å². The first-order chi connectivity index (χ1) is 23.9. The molecule has 3 heterocycles. The number of hydrogen-bond acceptors (Lipinski definition) is 8. The highest BCUT2D eigenvalue weighted by Crippen LogP contribution is 2.36. The lowest BCUT2D eigenvalue weighted by molar-refractivity contribution is -0.127. The van der Waals surface area contributed by atoms with E-state index in [4.69, 9.17) is 14.2 Å². The van der Waals surface area contributed by atoms with E-state index in [-0.39, 0.29) is 25.4 Å².